The smallest absolute Gasteiger partial charge is 0.284 e. The molecule has 2 saturated heterocycles. The minimum atomic E-state index is -2.82. The zero-order chi connectivity index (χ0) is 25.7. The van der Waals surface area contributed by atoms with Gasteiger partial charge in [-0.05, 0) is 56.1 Å². The fraction of sp³-hybridized carbons (Fsp3) is 0.577. The third kappa shape index (κ3) is 4.54. The van der Waals surface area contributed by atoms with E-state index in [0.717, 1.165) is 44.5 Å². The van der Waals surface area contributed by atoms with E-state index in [-0.39, 0.29) is 29.6 Å². The number of hydrogen-bond acceptors (Lipinski definition) is 7. The number of anilines is 2. The predicted molar refractivity (Wildman–Crippen MR) is 134 cm³/mol. The fourth-order valence-electron chi connectivity index (χ4n) is 6.00. The lowest BCUT2D eigenvalue weighted by Gasteiger charge is -2.30. The van der Waals surface area contributed by atoms with Crippen molar-refractivity contribution in [2.75, 3.05) is 23.4 Å². The third-order valence-corrected chi connectivity index (χ3v) is 8.15. The van der Waals surface area contributed by atoms with Gasteiger partial charge in [-0.1, -0.05) is 13.8 Å². The summed E-state index contributed by atoms with van der Waals surface area (Å²) in [6, 6.07) is 3.98. The van der Waals surface area contributed by atoms with Crippen LogP contribution in [0, 0.1) is 11.8 Å². The van der Waals surface area contributed by atoms with Crippen molar-refractivity contribution in [3.63, 3.8) is 0 Å². The van der Waals surface area contributed by atoms with Gasteiger partial charge in [0, 0.05) is 12.7 Å². The zero-order valence-electron chi connectivity index (χ0n) is 21.0. The predicted octanol–water partition coefficient (Wildman–Crippen LogP) is 4.78. The minimum Gasteiger partial charge on any atom is -0.374 e. The first-order chi connectivity index (χ1) is 17.9. The van der Waals surface area contributed by atoms with E-state index in [2.05, 4.69) is 39.1 Å². The van der Waals surface area contributed by atoms with E-state index < -0.39 is 18.0 Å². The monoisotopic (exact) mass is 511 g/mol. The number of nitrogens with zero attached hydrogens (tertiary/aromatic N) is 6. The van der Waals surface area contributed by atoms with Crippen LogP contribution in [-0.4, -0.2) is 55.9 Å². The van der Waals surface area contributed by atoms with Gasteiger partial charge >= 0.3 is 0 Å². The van der Waals surface area contributed by atoms with Crippen LogP contribution in [0.15, 0.2) is 24.7 Å². The van der Waals surface area contributed by atoms with E-state index >= 15 is 0 Å². The lowest BCUT2D eigenvalue weighted by atomic mass is 9.80. The molecule has 1 amide bonds. The summed E-state index contributed by atoms with van der Waals surface area (Å²) in [6.45, 7) is 5.84. The average molecular weight is 512 g/mol. The minimum absolute atomic E-state index is 0.00269. The molecule has 2 atom stereocenters. The molecule has 0 aromatic carbocycles. The van der Waals surface area contributed by atoms with Crippen LogP contribution in [0.5, 0.6) is 0 Å². The quantitative estimate of drug-likeness (QED) is 0.509. The number of alkyl halides is 2. The Kier molecular flexibility index (Phi) is 6.26. The number of carbonyl (C=O) groups excluding carboxylic acids is 1. The summed E-state index contributed by atoms with van der Waals surface area (Å²) in [7, 11) is 0. The molecule has 0 spiro atoms. The lowest BCUT2D eigenvalue weighted by Crippen LogP contribution is -2.37. The molecule has 1 N–H and O–H groups in total. The first-order valence-electron chi connectivity index (χ1n) is 13.1. The Hall–Kier alpha value is -3.21. The summed E-state index contributed by atoms with van der Waals surface area (Å²) >= 11 is 0. The van der Waals surface area contributed by atoms with Crippen molar-refractivity contribution >= 4 is 28.4 Å². The Bertz CT molecular complexity index is 1310. The summed E-state index contributed by atoms with van der Waals surface area (Å²) < 4.78 is 35.1. The number of aromatic nitrogens is 5. The van der Waals surface area contributed by atoms with Crippen molar-refractivity contribution < 1.29 is 18.3 Å². The molecule has 3 aromatic heterocycles. The molecule has 2 bridgehead atoms. The second kappa shape index (κ2) is 9.59. The van der Waals surface area contributed by atoms with Crippen molar-refractivity contribution in [3.05, 3.63) is 36.0 Å². The Morgan fingerprint density at radius 2 is 1.95 bits per heavy atom. The summed E-state index contributed by atoms with van der Waals surface area (Å²) in [4.78, 5) is 28.6. The van der Waals surface area contributed by atoms with Crippen LogP contribution < -0.4 is 10.2 Å². The molecule has 9 nitrogen and oxygen atoms in total. The second-order valence-corrected chi connectivity index (χ2v) is 10.7. The average Bonchev–Trinajstić information content (AvgIpc) is 3.64. The van der Waals surface area contributed by atoms with E-state index in [1.807, 2.05) is 6.07 Å². The van der Waals surface area contributed by atoms with Gasteiger partial charge in [-0.25, -0.2) is 23.7 Å². The standard InChI is InChI=1S/C26H31F2N7O2/c1-14(2)15-3-5-16(6-4-15)35-11-20(23(33-35)25(27)28)31-26(36)24-22-19(29-13-30-24)7-8-21(32-22)34-10-18-9-17(34)12-37-18/h7-8,11,13-18,25H,3-6,9-10,12H2,1-2H3,(H,31,36). The number of ether oxygens (including phenoxy) is 1. The molecule has 0 radical (unpaired) electrons. The Morgan fingerprint density at radius 1 is 1.14 bits per heavy atom. The van der Waals surface area contributed by atoms with Crippen LogP contribution in [0.3, 0.4) is 0 Å². The molecular formula is C26H31F2N7O2. The summed E-state index contributed by atoms with van der Waals surface area (Å²) in [5.74, 6) is 1.36. The molecule has 196 valence electrons. The maximum Gasteiger partial charge on any atom is 0.284 e. The maximum absolute atomic E-state index is 13.9. The summed E-state index contributed by atoms with van der Waals surface area (Å²) in [5, 5.41) is 6.82. The molecule has 2 unspecified atom stereocenters. The van der Waals surface area contributed by atoms with Crippen LogP contribution in [0.2, 0.25) is 0 Å². The van der Waals surface area contributed by atoms with E-state index in [1.165, 1.54) is 12.5 Å². The van der Waals surface area contributed by atoms with E-state index in [0.29, 0.717) is 29.5 Å². The van der Waals surface area contributed by atoms with Gasteiger partial charge < -0.3 is 15.0 Å². The number of rotatable bonds is 6. The number of morpholine rings is 1. The number of nitrogens with one attached hydrogen (secondary N) is 1. The highest BCUT2D eigenvalue weighted by molar-refractivity contribution is 6.10. The Labute approximate surface area is 213 Å². The highest BCUT2D eigenvalue weighted by Crippen LogP contribution is 2.37. The zero-order valence-corrected chi connectivity index (χ0v) is 21.0. The SMILES string of the molecule is CC(C)C1CCC(n2cc(NC(=O)c3ncnc4ccc(N5CC6CC5CO6)nc34)c(C(F)F)n2)CC1. The molecular weight excluding hydrogens is 480 g/mol. The van der Waals surface area contributed by atoms with Crippen LogP contribution in [0.25, 0.3) is 11.0 Å². The highest BCUT2D eigenvalue weighted by Gasteiger charge is 2.39. The molecule has 5 heterocycles. The van der Waals surface area contributed by atoms with Crippen molar-refractivity contribution in [3.8, 4) is 0 Å². The topological polar surface area (TPSA) is 98.1 Å². The summed E-state index contributed by atoms with van der Waals surface area (Å²) in [6.07, 6.45) is 5.00. The largest absolute Gasteiger partial charge is 0.374 e. The molecule has 6 rings (SSSR count). The normalized spacial score (nSPS) is 25.5. The third-order valence-electron chi connectivity index (χ3n) is 8.15. The van der Waals surface area contributed by atoms with E-state index in [1.54, 1.807) is 10.7 Å². The van der Waals surface area contributed by atoms with Gasteiger partial charge in [-0.3, -0.25) is 9.48 Å². The van der Waals surface area contributed by atoms with Crippen LogP contribution in [0.4, 0.5) is 20.3 Å². The molecule has 11 heteroatoms. The van der Waals surface area contributed by atoms with E-state index in [4.69, 9.17) is 9.72 Å². The van der Waals surface area contributed by atoms with Crippen molar-refractivity contribution in [2.24, 2.45) is 11.8 Å². The van der Waals surface area contributed by atoms with Crippen LogP contribution in [-0.2, 0) is 4.74 Å². The molecule has 37 heavy (non-hydrogen) atoms. The fourth-order valence-corrected chi connectivity index (χ4v) is 6.00. The molecule has 1 aliphatic carbocycles. The number of hydrogen-bond donors (Lipinski definition) is 1. The first-order valence-corrected chi connectivity index (χ1v) is 13.1. The van der Waals surface area contributed by atoms with Crippen LogP contribution >= 0.6 is 0 Å². The summed E-state index contributed by atoms with van der Waals surface area (Å²) in [5.41, 5.74) is 0.454. The molecule has 1 saturated carbocycles. The van der Waals surface area contributed by atoms with Crippen molar-refractivity contribution in [2.45, 2.75) is 70.6 Å². The maximum atomic E-state index is 13.9. The van der Waals surface area contributed by atoms with Gasteiger partial charge in [0.1, 0.15) is 17.7 Å². The molecule has 3 aromatic rings. The van der Waals surface area contributed by atoms with E-state index in [9.17, 15) is 13.6 Å². The molecule has 3 aliphatic rings. The van der Waals surface area contributed by atoms with Gasteiger partial charge in [0.25, 0.3) is 12.3 Å². The lowest BCUT2D eigenvalue weighted by molar-refractivity contribution is 0.0988. The first kappa shape index (κ1) is 24.1. The van der Waals surface area contributed by atoms with Gasteiger partial charge in [0.2, 0.25) is 0 Å². The van der Waals surface area contributed by atoms with Gasteiger partial charge in [0.15, 0.2) is 11.4 Å². The van der Waals surface area contributed by atoms with Gasteiger partial charge in [-0.2, -0.15) is 5.10 Å². The Morgan fingerprint density at radius 3 is 2.62 bits per heavy atom. The number of pyridine rings is 1. The highest BCUT2D eigenvalue weighted by atomic mass is 19.3. The van der Waals surface area contributed by atoms with Crippen molar-refractivity contribution in [1.82, 2.24) is 24.7 Å². The van der Waals surface area contributed by atoms with Crippen LogP contribution in [0.1, 0.15) is 74.6 Å². The second-order valence-electron chi connectivity index (χ2n) is 10.7. The van der Waals surface area contributed by atoms with Crippen molar-refractivity contribution in [1.29, 1.82) is 0 Å². The molecule has 3 fully saturated rings. The number of carbonyl (C=O) groups is 1. The van der Waals surface area contributed by atoms with Gasteiger partial charge in [0.05, 0.1) is 36.0 Å². The number of halogens is 2. The number of fused-ring (bicyclic) bond motifs is 3. The molecule has 2 aliphatic heterocycles. The Balaban J connectivity index is 1.25. The number of amides is 1. The van der Waals surface area contributed by atoms with Gasteiger partial charge in [-0.15, -0.1) is 0 Å².